The molecule has 1 atom stereocenters. The second-order valence-corrected chi connectivity index (χ2v) is 7.93. The Kier molecular flexibility index (Phi) is 6.69. The summed E-state index contributed by atoms with van der Waals surface area (Å²) in [5.74, 6) is 0.181. The molecule has 7 nitrogen and oxygen atoms in total. The standard InChI is InChI=1S/C18H21N3O4S.ClH/c1-25-17-10-14(7-8-15(17)21-26(2,23)24)20-18(22)16-9-12-5-3-4-6-13(12)11-19-16;/h3-8,10,16,19,21H,9,11H2,1-2H3,(H,20,22);1H. The van der Waals surface area contributed by atoms with Gasteiger partial charge in [-0.2, -0.15) is 0 Å². The number of fused-ring (bicyclic) bond motifs is 1. The topological polar surface area (TPSA) is 96.5 Å². The Morgan fingerprint density at radius 2 is 1.89 bits per heavy atom. The van der Waals surface area contributed by atoms with E-state index in [0.717, 1.165) is 11.8 Å². The SMILES string of the molecule is COc1cc(NC(=O)C2Cc3ccccc3CN2)ccc1NS(C)(=O)=O.Cl. The number of anilines is 2. The van der Waals surface area contributed by atoms with Gasteiger partial charge in [-0.1, -0.05) is 24.3 Å². The Bertz CT molecular complexity index is 934. The monoisotopic (exact) mass is 411 g/mol. The van der Waals surface area contributed by atoms with Crippen molar-refractivity contribution >= 4 is 39.7 Å². The number of halogens is 1. The van der Waals surface area contributed by atoms with E-state index < -0.39 is 10.0 Å². The normalized spacial score (nSPS) is 15.9. The van der Waals surface area contributed by atoms with Crippen LogP contribution in [0.4, 0.5) is 11.4 Å². The third kappa shape index (κ3) is 5.35. The minimum Gasteiger partial charge on any atom is -0.494 e. The highest BCUT2D eigenvalue weighted by atomic mass is 35.5. The molecule has 0 fully saturated rings. The number of hydrogen-bond donors (Lipinski definition) is 3. The number of benzene rings is 2. The first kappa shape index (κ1) is 21.0. The third-order valence-corrected chi connectivity index (χ3v) is 4.75. The van der Waals surface area contributed by atoms with E-state index in [-0.39, 0.29) is 24.4 Å². The number of nitrogens with one attached hydrogen (secondary N) is 3. The first-order chi connectivity index (χ1) is 12.4. The van der Waals surface area contributed by atoms with Crippen LogP contribution >= 0.6 is 12.4 Å². The van der Waals surface area contributed by atoms with Crippen LogP contribution in [0.5, 0.6) is 5.75 Å². The first-order valence-corrected chi connectivity index (χ1v) is 10.0. The summed E-state index contributed by atoms with van der Waals surface area (Å²) in [5, 5.41) is 6.08. The second-order valence-electron chi connectivity index (χ2n) is 6.18. The lowest BCUT2D eigenvalue weighted by Gasteiger charge is -2.25. The van der Waals surface area contributed by atoms with E-state index in [0.29, 0.717) is 30.1 Å². The molecule has 0 spiro atoms. The van der Waals surface area contributed by atoms with Crippen LogP contribution in [0.25, 0.3) is 0 Å². The van der Waals surface area contributed by atoms with E-state index in [9.17, 15) is 13.2 Å². The third-order valence-electron chi connectivity index (χ3n) is 4.16. The van der Waals surface area contributed by atoms with Gasteiger partial charge in [-0.25, -0.2) is 8.42 Å². The maximum absolute atomic E-state index is 12.6. The van der Waals surface area contributed by atoms with Crippen LogP contribution < -0.4 is 20.1 Å². The minimum absolute atomic E-state index is 0. The molecular weight excluding hydrogens is 390 g/mol. The largest absolute Gasteiger partial charge is 0.494 e. The maximum atomic E-state index is 12.6. The number of rotatable bonds is 5. The Labute approximate surface area is 165 Å². The van der Waals surface area contributed by atoms with Gasteiger partial charge in [-0.15, -0.1) is 12.4 Å². The summed E-state index contributed by atoms with van der Waals surface area (Å²) >= 11 is 0. The summed E-state index contributed by atoms with van der Waals surface area (Å²) in [6.07, 6.45) is 1.68. The minimum atomic E-state index is -3.42. The summed E-state index contributed by atoms with van der Waals surface area (Å²) in [5.41, 5.74) is 3.22. The van der Waals surface area contributed by atoms with Gasteiger partial charge in [-0.3, -0.25) is 9.52 Å². The number of hydrogen-bond acceptors (Lipinski definition) is 5. The molecule has 1 amide bonds. The molecule has 1 aliphatic heterocycles. The summed E-state index contributed by atoms with van der Waals surface area (Å²) in [6, 6.07) is 12.5. The van der Waals surface area contributed by atoms with Gasteiger partial charge in [0.1, 0.15) is 5.75 Å². The molecular formula is C18H22ClN3O4S. The van der Waals surface area contributed by atoms with Crippen molar-refractivity contribution in [1.29, 1.82) is 0 Å². The van der Waals surface area contributed by atoms with Crippen LogP contribution in [0.15, 0.2) is 42.5 Å². The van der Waals surface area contributed by atoms with Crippen LogP contribution in [0.2, 0.25) is 0 Å². The quantitative estimate of drug-likeness (QED) is 0.700. The molecule has 0 aliphatic carbocycles. The molecule has 3 rings (SSSR count). The van der Waals surface area contributed by atoms with Crippen LogP contribution in [0, 0.1) is 0 Å². The van der Waals surface area contributed by atoms with Crippen molar-refractivity contribution in [3.63, 3.8) is 0 Å². The molecule has 27 heavy (non-hydrogen) atoms. The molecule has 1 aliphatic rings. The molecule has 0 radical (unpaired) electrons. The number of amides is 1. The number of carbonyl (C=O) groups is 1. The summed E-state index contributed by atoms with van der Waals surface area (Å²) in [6.45, 7) is 0.648. The molecule has 0 aromatic heterocycles. The summed E-state index contributed by atoms with van der Waals surface area (Å²) < 4.78 is 30.4. The Morgan fingerprint density at radius 1 is 1.19 bits per heavy atom. The zero-order chi connectivity index (χ0) is 18.7. The van der Waals surface area contributed by atoms with Gasteiger partial charge in [-0.05, 0) is 29.7 Å². The Morgan fingerprint density at radius 3 is 2.56 bits per heavy atom. The smallest absolute Gasteiger partial charge is 0.241 e. The molecule has 3 N–H and O–H groups in total. The van der Waals surface area contributed by atoms with Crippen molar-refractivity contribution in [1.82, 2.24) is 5.32 Å². The zero-order valence-corrected chi connectivity index (χ0v) is 16.6. The molecule has 2 aromatic rings. The Hall–Kier alpha value is -2.29. The number of methoxy groups -OCH3 is 1. The van der Waals surface area contributed by atoms with Gasteiger partial charge >= 0.3 is 0 Å². The van der Waals surface area contributed by atoms with E-state index in [1.807, 2.05) is 18.2 Å². The average Bonchev–Trinajstić information content (AvgIpc) is 2.61. The highest BCUT2D eigenvalue weighted by Gasteiger charge is 2.24. The summed E-state index contributed by atoms with van der Waals surface area (Å²) in [7, 11) is -1.98. The van der Waals surface area contributed by atoms with Crippen molar-refractivity contribution in [3.05, 3.63) is 53.6 Å². The molecule has 146 valence electrons. The van der Waals surface area contributed by atoms with Crippen molar-refractivity contribution < 1.29 is 17.9 Å². The maximum Gasteiger partial charge on any atom is 0.241 e. The van der Waals surface area contributed by atoms with Gasteiger partial charge in [0.05, 0.1) is 25.1 Å². The molecule has 1 heterocycles. The zero-order valence-electron chi connectivity index (χ0n) is 15.0. The van der Waals surface area contributed by atoms with E-state index in [1.54, 1.807) is 18.2 Å². The molecule has 0 saturated heterocycles. The fourth-order valence-corrected chi connectivity index (χ4v) is 3.49. The van der Waals surface area contributed by atoms with Gasteiger partial charge < -0.3 is 15.4 Å². The second kappa shape index (κ2) is 8.60. The lowest BCUT2D eigenvalue weighted by molar-refractivity contribution is -0.118. The van der Waals surface area contributed by atoms with Gasteiger partial charge in [0.25, 0.3) is 0 Å². The van der Waals surface area contributed by atoms with Crippen molar-refractivity contribution in [3.8, 4) is 5.75 Å². The average molecular weight is 412 g/mol. The molecule has 0 saturated carbocycles. The van der Waals surface area contributed by atoms with E-state index in [4.69, 9.17) is 4.74 Å². The van der Waals surface area contributed by atoms with E-state index in [2.05, 4.69) is 21.4 Å². The fraction of sp³-hybridized carbons (Fsp3) is 0.278. The predicted molar refractivity (Wildman–Crippen MR) is 108 cm³/mol. The highest BCUT2D eigenvalue weighted by Crippen LogP contribution is 2.29. The van der Waals surface area contributed by atoms with Crippen LogP contribution in [-0.4, -0.2) is 33.7 Å². The van der Waals surface area contributed by atoms with Gasteiger partial charge in [0, 0.05) is 18.3 Å². The van der Waals surface area contributed by atoms with Crippen molar-refractivity contribution in [2.24, 2.45) is 0 Å². The molecule has 0 bridgehead atoms. The lowest BCUT2D eigenvalue weighted by atomic mass is 9.95. The fourth-order valence-electron chi connectivity index (χ4n) is 2.92. The van der Waals surface area contributed by atoms with Crippen molar-refractivity contribution in [2.45, 2.75) is 19.0 Å². The molecule has 1 unspecified atom stereocenters. The van der Waals surface area contributed by atoms with Gasteiger partial charge in [0.15, 0.2) is 0 Å². The van der Waals surface area contributed by atoms with Crippen LogP contribution in [-0.2, 0) is 27.8 Å². The Balaban J connectivity index is 0.00000261. The van der Waals surface area contributed by atoms with Crippen molar-refractivity contribution in [2.75, 3.05) is 23.4 Å². The first-order valence-electron chi connectivity index (χ1n) is 8.12. The highest BCUT2D eigenvalue weighted by molar-refractivity contribution is 7.92. The summed E-state index contributed by atoms with van der Waals surface area (Å²) in [4.78, 5) is 12.6. The number of sulfonamides is 1. The van der Waals surface area contributed by atoms with Gasteiger partial charge in [0.2, 0.25) is 15.9 Å². The number of ether oxygens (including phenoxy) is 1. The molecule has 9 heteroatoms. The number of carbonyl (C=O) groups excluding carboxylic acids is 1. The lowest BCUT2D eigenvalue weighted by Crippen LogP contribution is -2.44. The van der Waals surface area contributed by atoms with Crippen LogP contribution in [0.3, 0.4) is 0 Å². The van der Waals surface area contributed by atoms with E-state index >= 15 is 0 Å². The van der Waals surface area contributed by atoms with E-state index in [1.165, 1.54) is 12.7 Å². The molecule has 2 aromatic carbocycles. The van der Waals surface area contributed by atoms with Crippen LogP contribution in [0.1, 0.15) is 11.1 Å². The predicted octanol–water partition coefficient (Wildman–Crippen LogP) is 2.14.